The van der Waals surface area contributed by atoms with E-state index in [0.29, 0.717) is 32.1 Å². The number of urea groups is 1. The molecule has 2 amide bonds. The van der Waals surface area contributed by atoms with E-state index in [1.54, 1.807) is 6.07 Å². The van der Waals surface area contributed by atoms with Gasteiger partial charge in [-0.25, -0.2) is 4.79 Å². The number of anilines is 2. The van der Waals surface area contributed by atoms with E-state index in [9.17, 15) is 9.90 Å². The van der Waals surface area contributed by atoms with Crippen molar-refractivity contribution >= 4 is 28.3 Å². The molecule has 2 heterocycles. The van der Waals surface area contributed by atoms with Crippen molar-refractivity contribution in [1.82, 2.24) is 9.47 Å². The molecule has 1 aliphatic rings. The number of phenolic OH excluding ortho intramolecular Hbond substituents is 1. The van der Waals surface area contributed by atoms with Crippen LogP contribution in [0, 0.1) is 5.92 Å². The lowest BCUT2D eigenvalue weighted by Crippen LogP contribution is -2.50. The smallest absolute Gasteiger partial charge is 0.321 e. The largest absolute Gasteiger partial charge is 0.506 e. The van der Waals surface area contributed by atoms with Crippen molar-refractivity contribution in [3.63, 3.8) is 0 Å². The number of nitrogens with one attached hydrogen (secondary N) is 1. The Morgan fingerprint density at radius 2 is 1.83 bits per heavy atom. The molecule has 0 atom stereocenters. The first-order chi connectivity index (χ1) is 14.0. The Morgan fingerprint density at radius 3 is 2.55 bits per heavy atom. The lowest BCUT2D eigenvalue weighted by Gasteiger charge is -2.36. The number of aromatic nitrogens is 1. The predicted octanol–water partition coefficient (Wildman–Crippen LogP) is 4.36. The number of carbonyl (C=O) groups excluding carboxylic acids is 1. The molecule has 4 rings (SSSR count). The van der Waals surface area contributed by atoms with Crippen molar-refractivity contribution in [3.8, 4) is 5.75 Å². The van der Waals surface area contributed by atoms with Gasteiger partial charge in [0.05, 0.1) is 5.69 Å². The standard InChI is InChI=1S/C23H28N4O2/c1-17(2)16-27-10-9-18-15-19(7-8-20(18)27)24-23(29)26-13-11-25(12-14-26)21-5-3-4-6-22(21)28/h3-10,15,17,28H,11-14,16H2,1-2H3,(H,24,29). The summed E-state index contributed by atoms with van der Waals surface area (Å²) in [5.41, 5.74) is 2.82. The summed E-state index contributed by atoms with van der Waals surface area (Å²) in [6.07, 6.45) is 2.11. The summed E-state index contributed by atoms with van der Waals surface area (Å²) in [6, 6.07) is 15.4. The van der Waals surface area contributed by atoms with Crippen LogP contribution in [0.15, 0.2) is 54.7 Å². The van der Waals surface area contributed by atoms with Gasteiger partial charge in [0, 0.05) is 55.5 Å². The summed E-state index contributed by atoms with van der Waals surface area (Å²) in [5.74, 6) is 0.865. The third-order valence-corrected chi connectivity index (χ3v) is 5.37. The van der Waals surface area contributed by atoms with Crippen molar-refractivity contribution in [3.05, 3.63) is 54.7 Å². The maximum absolute atomic E-state index is 12.7. The number of aromatic hydroxyl groups is 1. The molecule has 0 radical (unpaired) electrons. The Morgan fingerprint density at radius 1 is 1.07 bits per heavy atom. The van der Waals surface area contributed by atoms with Crippen molar-refractivity contribution in [1.29, 1.82) is 0 Å². The highest BCUT2D eigenvalue weighted by molar-refractivity contribution is 5.93. The Labute approximate surface area is 171 Å². The van der Waals surface area contributed by atoms with E-state index in [-0.39, 0.29) is 11.8 Å². The van der Waals surface area contributed by atoms with Gasteiger partial charge in [-0.3, -0.25) is 0 Å². The number of benzene rings is 2. The third-order valence-electron chi connectivity index (χ3n) is 5.37. The zero-order valence-electron chi connectivity index (χ0n) is 17.0. The average Bonchev–Trinajstić information content (AvgIpc) is 3.10. The van der Waals surface area contributed by atoms with Gasteiger partial charge in [-0.15, -0.1) is 0 Å². The maximum atomic E-state index is 12.7. The number of nitrogens with zero attached hydrogens (tertiary/aromatic N) is 3. The van der Waals surface area contributed by atoms with Gasteiger partial charge in [0.15, 0.2) is 0 Å². The first-order valence-electron chi connectivity index (χ1n) is 10.2. The van der Waals surface area contributed by atoms with E-state index in [1.807, 2.05) is 35.2 Å². The monoisotopic (exact) mass is 392 g/mol. The Bertz CT molecular complexity index is 1000. The third kappa shape index (κ3) is 4.16. The predicted molar refractivity (Wildman–Crippen MR) is 118 cm³/mol. The normalized spacial score (nSPS) is 14.6. The summed E-state index contributed by atoms with van der Waals surface area (Å²) in [4.78, 5) is 16.6. The number of rotatable bonds is 4. The fraction of sp³-hybridized carbons (Fsp3) is 0.348. The van der Waals surface area contributed by atoms with Gasteiger partial charge in [0.1, 0.15) is 5.75 Å². The van der Waals surface area contributed by atoms with Crippen LogP contribution in [0.5, 0.6) is 5.75 Å². The number of fused-ring (bicyclic) bond motifs is 1. The van der Waals surface area contributed by atoms with E-state index in [1.165, 1.54) is 5.52 Å². The van der Waals surface area contributed by atoms with Crippen LogP contribution < -0.4 is 10.2 Å². The molecule has 2 N–H and O–H groups in total. The number of amides is 2. The topological polar surface area (TPSA) is 60.7 Å². The highest BCUT2D eigenvalue weighted by Crippen LogP contribution is 2.27. The number of carbonyl (C=O) groups is 1. The molecule has 1 saturated heterocycles. The van der Waals surface area contributed by atoms with Crippen LogP contribution in [0.25, 0.3) is 10.9 Å². The molecule has 1 aromatic heterocycles. The van der Waals surface area contributed by atoms with Crippen LogP contribution in [0.4, 0.5) is 16.2 Å². The number of para-hydroxylation sites is 2. The first-order valence-corrected chi connectivity index (χ1v) is 10.2. The summed E-state index contributed by atoms with van der Waals surface area (Å²) in [6.45, 7) is 8.03. The second-order valence-electron chi connectivity index (χ2n) is 8.03. The lowest BCUT2D eigenvalue weighted by molar-refractivity contribution is 0.208. The number of phenols is 1. The Kier molecular flexibility index (Phi) is 5.34. The molecule has 1 fully saturated rings. The summed E-state index contributed by atoms with van der Waals surface area (Å²) < 4.78 is 2.25. The van der Waals surface area contributed by atoms with Gasteiger partial charge in [-0.2, -0.15) is 0 Å². The van der Waals surface area contributed by atoms with Gasteiger partial charge in [-0.1, -0.05) is 26.0 Å². The van der Waals surface area contributed by atoms with Crippen molar-refractivity contribution < 1.29 is 9.90 Å². The number of piperazine rings is 1. The van der Waals surface area contributed by atoms with Gasteiger partial charge < -0.3 is 24.8 Å². The molecule has 0 unspecified atom stereocenters. The SMILES string of the molecule is CC(C)Cn1ccc2cc(NC(=O)N3CCN(c4ccccc4O)CC3)ccc21. The quantitative estimate of drug-likeness (QED) is 0.694. The molecular formula is C23H28N4O2. The van der Waals surface area contributed by atoms with Crippen LogP contribution in [0.2, 0.25) is 0 Å². The molecule has 3 aromatic rings. The summed E-state index contributed by atoms with van der Waals surface area (Å²) in [5, 5.41) is 14.2. The van der Waals surface area contributed by atoms with E-state index in [0.717, 1.165) is 23.3 Å². The van der Waals surface area contributed by atoms with Gasteiger partial charge in [0.2, 0.25) is 0 Å². The van der Waals surface area contributed by atoms with Crippen molar-refractivity contribution in [2.75, 3.05) is 36.4 Å². The number of hydrogen-bond donors (Lipinski definition) is 2. The van der Waals surface area contributed by atoms with Gasteiger partial charge >= 0.3 is 6.03 Å². The minimum absolute atomic E-state index is 0.0807. The molecule has 0 aliphatic carbocycles. The zero-order valence-corrected chi connectivity index (χ0v) is 17.0. The molecule has 0 spiro atoms. The first kappa shape index (κ1) is 19.2. The zero-order chi connectivity index (χ0) is 20.4. The Hall–Kier alpha value is -3.15. The number of hydrogen-bond acceptors (Lipinski definition) is 3. The lowest BCUT2D eigenvalue weighted by atomic mass is 10.2. The van der Waals surface area contributed by atoms with Gasteiger partial charge in [0.25, 0.3) is 0 Å². The maximum Gasteiger partial charge on any atom is 0.321 e. The second-order valence-corrected chi connectivity index (χ2v) is 8.03. The van der Waals surface area contributed by atoms with Crippen LogP contribution in [-0.2, 0) is 6.54 Å². The fourth-order valence-electron chi connectivity index (χ4n) is 3.92. The van der Waals surface area contributed by atoms with Crippen molar-refractivity contribution in [2.24, 2.45) is 5.92 Å². The van der Waals surface area contributed by atoms with E-state index in [2.05, 4.69) is 47.0 Å². The summed E-state index contributed by atoms with van der Waals surface area (Å²) in [7, 11) is 0. The molecule has 0 saturated carbocycles. The highest BCUT2D eigenvalue weighted by atomic mass is 16.3. The molecule has 0 bridgehead atoms. The van der Waals surface area contributed by atoms with Crippen LogP contribution in [-0.4, -0.2) is 46.8 Å². The van der Waals surface area contributed by atoms with E-state index < -0.39 is 0 Å². The fourth-order valence-corrected chi connectivity index (χ4v) is 3.92. The minimum atomic E-state index is -0.0807. The van der Waals surface area contributed by atoms with E-state index >= 15 is 0 Å². The molecule has 1 aliphatic heterocycles. The van der Waals surface area contributed by atoms with Crippen LogP contribution in [0.3, 0.4) is 0 Å². The van der Waals surface area contributed by atoms with E-state index in [4.69, 9.17) is 0 Å². The van der Waals surface area contributed by atoms with Crippen molar-refractivity contribution in [2.45, 2.75) is 20.4 Å². The average molecular weight is 393 g/mol. The molecule has 6 nitrogen and oxygen atoms in total. The minimum Gasteiger partial charge on any atom is -0.506 e. The van der Waals surface area contributed by atoms with Gasteiger partial charge in [-0.05, 0) is 42.3 Å². The Balaban J connectivity index is 1.38. The second kappa shape index (κ2) is 8.07. The molecule has 6 heteroatoms. The highest BCUT2D eigenvalue weighted by Gasteiger charge is 2.22. The molecule has 152 valence electrons. The van der Waals surface area contributed by atoms with Crippen LogP contribution in [0.1, 0.15) is 13.8 Å². The molecule has 2 aromatic carbocycles. The summed E-state index contributed by atoms with van der Waals surface area (Å²) >= 11 is 0. The molecule has 29 heavy (non-hydrogen) atoms. The molecular weight excluding hydrogens is 364 g/mol. The van der Waals surface area contributed by atoms with Crippen LogP contribution >= 0.6 is 0 Å².